The Balaban J connectivity index is 3.26. The fourth-order valence-electron chi connectivity index (χ4n) is 2.25. The zero-order valence-electron chi connectivity index (χ0n) is 16.7. The van der Waals surface area contributed by atoms with Gasteiger partial charge in [-0.25, -0.2) is 9.78 Å². The number of nitrogens with zero attached hydrogens (tertiary/aromatic N) is 3. The summed E-state index contributed by atoms with van der Waals surface area (Å²) >= 11 is 0. The molecule has 0 radical (unpaired) electrons. The molecule has 1 aromatic heterocycles. The molecule has 0 fully saturated rings. The van der Waals surface area contributed by atoms with E-state index < -0.39 is 0 Å². The van der Waals surface area contributed by atoms with Gasteiger partial charge in [-0.3, -0.25) is 4.90 Å². The summed E-state index contributed by atoms with van der Waals surface area (Å²) in [4.78, 5) is 21.2. The van der Waals surface area contributed by atoms with Gasteiger partial charge in [0.2, 0.25) is 0 Å². The van der Waals surface area contributed by atoms with Crippen LogP contribution in [0.25, 0.3) is 0 Å². The maximum atomic E-state index is 13.1. The zero-order chi connectivity index (χ0) is 18.7. The largest absolute Gasteiger partial charge is 0.492 e. The average Bonchev–Trinajstić information content (AvgIpc) is 2.42. The summed E-state index contributed by atoms with van der Waals surface area (Å²) in [6.45, 7) is 17.5. The van der Waals surface area contributed by atoms with Gasteiger partial charge >= 0.3 is 6.03 Å². The van der Waals surface area contributed by atoms with Crippen molar-refractivity contribution in [3.05, 3.63) is 17.8 Å². The normalized spacial score (nSPS) is 12.0. The van der Waals surface area contributed by atoms with Crippen molar-refractivity contribution < 1.29 is 9.53 Å². The average molecular weight is 335 g/mol. The molecule has 24 heavy (non-hydrogen) atoms. The Morgan fingerprint density at radius 3 is 2.21 bits per heavy atom. The molecule has 0 saturated heterocycles. The minimum atomic E-state index is -0.258. The van der Waals surface area contributed by atoms with E-state index in [2.05, 4.69) is 25.8 Å². The summed E-state index contributed by atoms with van der Waals surface area (Å²) in [5.41, 5.74) is 0.633. The lowest BCUT2D eigenvalue weighted by Crippen LogP contribution is -2.52. The van der Waals surface area contributed by atoms with E-state index in [1.54, 1.807) is 16.0 Å². The van der Waals surface area contributed by atoms with Gasteiger partial charge in [0.25, 0.3) is 0 Å². The predicted octanol–water partition coefficient (Wildman–Crippen LogP) is 4.49. The molecule has 0 spiro atoms. The number of hydrogen-bond donors (Lipinski definition) is 0. The lowest BCUT2D eigenvalue weighted by molar-refractivity contribution is 0.169. The number of pyridine rings is 1. The standard InChI is InChI=1S/C19H33N3O2/c1-10-24-15-11-14(2)16(20-12-15)22(13-18(3,4)5)17(23)21(9)19(6,7)8/h11-12H,10,13H2,1-9H3. The van der Waals surface area contributed by atoms with Crippen LogP contribution in [-0.4, -0.2) is 41.7 Å². The summed E-state index contributed by atoms with van der Waals surface area (Å²) < 4.78 is 5.51. The quantitative estimate of drug-likeness (QED) is 0.814. The van der Waals surface area contributed by atoms with Crippen molar-refractivity contribution in [3.8, 4) is 5.75 Å². The Labute approximate surface area is 147 Å². The number of rotatable bonds is 4. The van der Waals surface area contributed by atoms with Crippen LogP contribution in [0.2, 0.25) is 0 Å². The topological polar surface area (TPSA) is 45.7 Å². The molecular formula is C19H33N3O2. The highest BCUT2D eigenvalue weighted by Gasteiger charge is 2.31. The van der Waals surface area contributed by atoms with Crippen LogP contribution in [0.5, 0.6) is 5.75 Å². The van der Waals surface area contributed by atoms with Crippen LogP contribution < -0.4 is 9.64 Å². The van der Waals surface area contributed by atoms with Gasteiger partial charge in [0.1, 0.15) is 11.6 Å². The van der Waals surface area contributed by atoms with Crippen LogP contribution in [0.3, 0.4) is 0 Å². The molecule has 0 bridgehead atoms. The first-order chi connectivity index (χ1) is 10.9. The van der Waals surface area contributed by atoms with Crippen LogP contribution in [0.1, 0.15) is 54.0 Å². The Hall–Kier alpha value is -1.78. The Bertz CT molecular complexity index is 571. The number of carbonyl (C=O) groups is 1. The Kier molecular flexibility index (Phi) is 6.26. The van der Waals surface area contributed by atoms with E-state index in [9.17, 15) is 4.79 Å². The maximum absolute atomic E-state index is 13.1. The van der Waals surface area contributed by atoms with Crippen molar-refractivity contribution in [1.82, 2.24) is 9.88 Å². The maximum Gasteiger partial charge on any atom is 0.325 e. The minimum Gasteiger partial charge on any atom is -0.492 e. The molecule has 2 amide bonds. The molecule has 0 aliphatic heterocycles. The summed E-state index contributed by atoms with van der Waals surface area (Å²) in [5, 5.41) is 0. The summed E-state index contributed by atoms with van der Waals surface area (Å²) in [5.74, 6) is 1.42. The number of amides is 2. The fourth-order valence-corrected chi connectivity index (χ4v) is 2.25. The second kappa shape index (κ2) is 7.41. The third kappa shape index (κ3) is 5.39. The van der Waals surface area contributed by atoms with Gasteiger partial charge in [-0.05, 0) is 51.7 Å². The van der Waals surface area contributed by atoms with Crippen LogP contribution in [-0.2, 0) is 0 Å². The molecule has 0 saturated carbocycles. The van der Waals surface area contributed by atoms with Gasteiger partial charge in [0.15, 0.2) is 0 Å². The molecule has 0 unspecified atom stereocenters. The van der Waals surface area contributed by atoms with Crippen molar-refractivity contribution in [2.45, 2.75) is 60.9 Å². The highest BCUT2D eigenvalue weighted by atomic mass is 16.5. The third-order valence-electron chi connectivity index (χ3n) is 3.75. The number of aryl methyl sites for hydroxylation is 1. The molecule has 1 aromatic rings. The monoisotopic (exact) mass is 335 g/mol. The lowest BCUT2D eigenvalue weighted by Gasteiger charge is -2.38. The number of hydrogen-bond acceptors (Lipinski definition) is 3. The molecule has 1 heterocycles. The molecule has 136 valence electrons. The zero-order valence-corrected chi connectivity index (χ0v) is 16.7. The summed E-state index contributed by atoms with van der Waals surface area (Å²) in [7, 11) is 1.84. The van der Waals surface area contributed by atoms with Crippen LogP contribution >= 0.6 is 0 Å². The van der Waals surface area contributed by atoms with Crippen molar-refractivity contribution in [2.75, 3.05) is 25.1 Å². The van der Waals surface area contributed by atoms with Crippen LogP contribution in [0, 0.1) is 12.3 Å². The first-order valence-corrected chi connectivity index (χ1v) is 8.51. The van der Waals surface area contributed by atoms with Crippen LogP contribution in [0.15, 0.2) is 12.3 Å². The van der Waals surface area contributed by atoms with Gasteiger partial charge in [-0.15, -0.1) is 0 Å². The predicted molar refractivity (Wildman–Crippen MR) is 99.9 cm³/mol. The Morgan fingerprint density at radius 1 is 1.21 bits per heavy atom. The number of urea groups is 1. The van der Waals surface area contributed by atoms with E-state index in [1.807, 2.05) is 47.7 Å². The number of aromatic nitrogens is 1. The number of carbonyl (C=O) groups excluding carboxylic acids is 1. The highest BCUT2D eigenvalue weighted by molar-refractivity contribution is 5.92. The van der Waals surface area contributed by atoms with Gasteiger partial charge in [-0.2, -0.15) is 0 Å². The first kappa shape index (κ1) is 20.3. The van der Waals surface area contributed by atoms with E-state index in [0.29, 0.717) is 19.0 Å². The van der Waals surface area contributed by atoms with E-state index in [4.69, 9.17) is 4.74 Å². The van der Waals surface area contributed by atoms with E-state index in [0.717, 1.165) is 11.3 Å². The molecule has 0 aliphatic carbocycles. The van der Waals surface area contributed by atoms with Crippen molar-refractivity contribution in [2.24, 2.45) is 5.41 Å². The van der Waals surface area contributed by atoms with E-state index in [-0.39, 0.29) is 17.0 Å². The molecule has 0 aromatic carbocycles. The van der Waals surface area contributed by atoms with Gasteiger partial charge in [-0.1, -0.05) is 20.8 Å². The molecule has 0 atom stereocenters. The van der Waals surface area contributed by atoms with Gasteiger partial charge < -0.3 is 9.64 Å². The smallest absolute Gasteiger partial charge is 0.325 e. The second-order valence-corrected chi connectivity index (χ2v) is 8.40. The Morgan fingerprint density at radius 2 is 1.79 bits per heavy atom. The van der Waals surface area contributed by atoms with Gasteiger partial charge in [0, 0.05) is 19.1 Å². The molecule has 1 rings (SSSR count). The number of ether oxygens (including phenoxy) is 1. The molecule has 5 nitrogen and oxygen atoms in total. The molecule has 0 aliphatic rings. The van der Waals surface area contributed by atoms with Crippen molar-refractivity contribution in [3.63, 3.8) is 0 Å². The summed E-state index contributed by atoms with van der Waals surface area (Å²) in [6.07, 6.45) is 1.69. The van der Waals surface area contributed by atoms with E-state index in [1.165, 1.54) is 0 Å². The highest BCUT2D eigenvalue weighted by Crippen LogP contribution is 2.27. The fraction of sp³-hybridized carbons (Fsp3) is 0.684. The molecular weight excluding hydrogens is 302 g/mol. The van der Waals surface area contributed by atoms with Gasteiger partial charge in [0.05, 0.1) is 12.8 Å². The minimum absolute atomic E-state index is 0.0406. The molecule has 0 N–H and O–H groups in total. The SMILES string of the molecule is CCOc1cnc(N(CC(C)(C)C)C(=O)N(C)C(C)(C)C)c(C)c1. The first-order valence-electron chi connectivity index (χ1n) is 8.51. The lowest BCUT2D eigenvalue weighted by atomic mass is 9.96. The van der Waals surface area contributed by atoms with E-state index >= 15 is 0 Å². The summed E-state index contributed by atoms with van der Waals surface area (Å²) in [6, 6.07) is 1.89. The number of anilines is 1. The molecule has 5 heteroatoms. The van der Waals surface area contributed by atoms with Crippen LogP contribution in [0.4, 0.5) is 10.6 Å². The second-order valence-electron chi connectivity index (χ2n) is 8.40. The van der Waals surface area contributed by atoms with Crippen molar-refractivity contribution in [1.29, 1.82) is 0 Å². The van der Waals surface area contributed by atoms with Crippen molar-refractivity contribution >= 4 is 11.8 Å². The third-order valence-corrected chi connectivity index (χ3v) is 3.75.